The van der Waals surface area contributed by atoms with E-state index in [9.17, 15) is 5.26 Å². The van der Waals surface area contributed by atoms with Crippen LogP contribution in [0, 0.1) is 29.1 Å². The Balaban J connectivity index is 1.31. The molecule has 0 saturated heterocycles. The normalized spacial score (nSPS) is 23.0. The molecule has 2 saturated carbocycles. The van der Waals surface area contributed by atoms with Gasteiger partial charge in [0.15, 0.2) is 17.5 Å². The van der Waals surface area contributed by atoms with E-state index in [1.807, 2.05) is 30.3 Å². The quantitative estimate of drug-likeness (QED) is 0.215. The molecule has 2 unspecified atom stereocenters. The van der Waals surface area contributed by atoms with E-state index in [1.165, 1.54) is 37.7 Å². The molecule has 1 heterocycles. The summed E-state index contributed by atoms with van der Waals surface area (Å²) in [4.78, 5) is 14.9. The highest BCUT2D eigenvalue weighted by Crippen LogP contribution is 2.54. The zero-order chi connectivity index (χ0) is 29.4. The first kappa shape index (κ1) is 27.2. The molecule has 4 nitrogen and oxygen atoms in total. The highest BCUT2D eigenvalue weighted by atomic mass is 15.0. The topological polar surface area (TPSA) is 62.5 Å². The van der Waals surface area contributed by atoms with Gasteiger partial charge in [-0.05, 0) is 90.2 Å². The van der Waals surface area contributed by atoms with E-state index in [0.29, 0.717) is 23.0 Å². The molecule has 2 fully saturated rings. The van der Waals surface area contributed by atoms with Gasteiger partial charge in [-0.3, -0.25) is 0 Å². The molecule has 7 rings (SSSR count). The van der Waals surface area contributed by atoms with Crippen LogP contribution in [-0.4, -0.2) is 15.0 Å². The summed E-state index contributed by atoms with van der Waals surface area (Å²) in [6.07, 6.45) is 6.62. The number of fused-ring (bicyclic) bond motifs is 2. The minimum atomic E-state index is 0.281. The van der Waals surface area contributed by atoms with E-state index < -0.39 is 0 Å². The van der Waals surface area contributed by atoms with Gasteiger partial charge in [0.1, 0.15) is 0 Å². The summed E-state index contributed by atoms with van der Waals surface area (Å²) in [6.45, 7) is 4.88. The molecule has 0 radical (unpaired) electrons. The summed E-state index contributed by atoms with van der Waals surface area (Å²) < 4.78 is 0. The van der Waals surface area contributed by atoms with Crippen molar-refractivity contribution in [1.82, 2.24) is 15.0 Å². The third-order valence-electron chi connectivity index (χ3n) is 9.50. The first-order valence-corrected chi connectivity index (χ1v) is 15.5. The first-order valence-electron chi connectivity index (χ1n) is 15.5. The number of nitriles is 1. The highest BCUT2D eigenvalue weighted by Gasteiger charge is 2.45. The minimum Gasteiger partial charge on any atom is -0.208 e. The molecule has 4 atom stereocenters. The van der Waals surface area contributed by atoms with Crippen molar-refractivity contribution >= 4 is 0 Å². The van der Waals surface area contributed by atoms with E-state index in [2.05, 4.69) is 86.6 Å². The van der Waals surface area contributed by atoms with Gasteiger partial charge in [0.05, 0.1) is 11.6 Å². The van der Waals surface area contributed by atoms with Crippen LogP contribution in [0.25, 0.3) is 45.3 Å². The van der Waals surface area contributed by atoms with E-state index in [4.69, 9.17) is 15.0 Å². The fourth-order valence-electron chi connectivity index (χ4n) is 7.99. The van der Waals surface area contributed by atoms with E-state index >= 15 is 0 Å². The predicted molar refractivity (Wildman–Crippen MR) is 173 cm³/mol. The SMILES string of the molecule is C[C@@H]1CC2C[C@H](C)CC(c3ccc(-c4nc(-c5cccc(C#N)c5)nc(-c5cccc(-c6ccccc6)c5)n4)cc3)(C2)C1. The second-order valence-corrected chi connectivity index (χ2v) is 13.0. The number of benzene rings is 4. The maximum absolute atomic E-state index is 9.54. The summed E-state index contributed by atoms with van der Waals surface area (Å²) in [5.74, 6) is 4.22. The zero-order valence-corrected chi connectivity index (χ0v) is 24.9. The molecule has 4 heteroatoms. The Morgan fingerprint density at radius 2 is 1.14 bits per heavy atom. The first-order chi connectivity index (χ1) is 21.0. The Labute approximate surface area is 254 Å². The molecule has 5 aromatic rings. The van der Waals surface area contributed by atoms with Crippen molar-refractivity contribution in [3.63, 3.8) is 0 Å². The van der Waals surface area contributed by atoms with Crippen LogP contribution >= 0.6 is 0 Å². The van der Waals surface area contributed by atoms with Crippen molar-refractivity contribution in [2.45, 2.75) is 51.4 Å². The Morgan fingerprint density at radius 1 is 0.581 bits per heavy atom. The highest BCUT2D eigenvalue weighted by molar-refractivity contribution is 5.72. The van der Waals surface area contributed by atoms with Crippen LogP contribution in [0.5, 0.6) is 0 Å². The number of hydrogen-bond donors (Lipinski definition) is 0. The van der Waals surface area contributed by atoms with Gasteiger partial charge in [0.2, 0.25) is 0 Å². The monoisotopic (exact) mass is 560 g/mol. The number of aromatic nitrogens is 3. The molecule has 0 N–H and O–H groups in total. The van der Waals surface area contributed by atoms with E-state index in [0.717, 1.165) is 45.6 Å². The van der Waals surface area contributed by atoms with Gasteiger partial charge < -0.3 is 0 Å². The largest absolute Gasteiger partial charge is 0.208 e. The molecule has 0 amide bonds. The van der Waals surface area contributed by atoms with Crippen LogP contribution in [0.2, 0.25) is 0 Å². The Morgan fingerprint density at radius 3 is 1.79 bits per heavy atom. The van der Waals surface area contributed by atoms with E-state index in [-0.39, 0.29) is 5.41 Å². The van der Waals surface area contributed by atoms with Crippen LogP contribution in [0.3, 0.4) is 0 Å². The van der Waals surface area contributed by atoms with Crippen molar-refractivity contribution in [3.05, 3.63) is 114 Å². The van der Waals surface area contributed by atoms with Crippen molar-refractivity contribution in [2.24, 2.45) is 17.8 Å². The van der Waals surface area contributed by atoms with E-state index in [1.54, 1.807) is 6.07 Å². The molecule has 2 aliphatic rings. The maximum Gasteiger partial charge on any atom is 0.164 e. The predicted octanol–water partition coefficient (Wildman–Crippen LogP) is 9.52. The minimum absolute atomic E-state index is 0.281. The molecule has 212 valence electrons. The van der Waals surface area contributed by atoms with Crippen LogP contribution in [-0.2, 0) is 5.41 Å². The molecule has 43 heavy (non-hydrogen) atoms. The molecule has 2 bridgehead atoms. The summed E-state index contributed by atoms with van der Waals surface area (Å²) in [6, 6.07) is 37.5. The fraction of sp³-hybridized carbons (Fsp3) is 0.282. The second-order valence-electron chi connectivity index (χ2n) is 13.0. The Bertz CT molecular complexity index is 1780. The molecule has 4 aromatic carbocycles. The van der Waals surface area contributed by atoms with Gasteiger partial charge in [-0.15, -0.1) is 0 Å². The summed E-state index contributed by atoms with van der Waals surface area (Å²) in [7, 11) is 0. The zero-order valence-electron chi connectivity index (χ0n) is 24.9. The third kappa shape index (κ3) is 5.48. The Hall–Kier alpha value is -4.62. The van der Waals surface area contributed by atoms with Crippen LogP contribution in [0.4, 0.5) is 0 Å². The molecule has 1 aromatic heterocycles. The third-order valence-corrected chi connectivity index (χ3v) is 9.50. The van der Waals surface area contributed by atoms with Crippen molar-refractivity contribution in [2.75, 3.05) is 0 Å². The molecule has 0 spiro atoms. The summed E-state index contributed by atoms with van der Waals surface area (Å²) in [5.41, 5.74) is 7.29. The fourth-order valence-corrected chi connectivity index (χ4v) is 7.99. The lowest BCUT2D eigenvalue weighted by atomic mass is 9.54. The van der Waals surface area contributed by atoms with Crippen LogP contribution in [0.15, 0.2) is 103 Å². The average molecular weight is 561 g/mol. The smallest absolute Gasteiger partial charge is 0.164 e. The van der Waals surface area contributed by atoms with Crippen LogP contribution in [0.1, 0.15) is 57.1 Å². The van der Waals surface area contributed by atoms with Crippen molar-refractivity contribution in [1.29, 1.82) is 5.26 Å². The van der Waals surface area contributed by atoms with Gasteiger partial charge in [-0.1, -0.05) is 98.8 Å². The van der Waals surface area contributed by atoms with Gasteiger partial charge in [-0.2, -0.15) is 5.26 Å². The van der Waals surface area contributed by atoms with Crippen LogP contribution < -0.4 is 0 Å². The van der Waals surface area contributed by atoms with Gasteiger partial charge in [0.25, 0.3) is 0 Å². The lowest BCUT2D eigenvalue weighted by molar-refractivity contribution is 0.0780. The van der Waals surface area contributed by atoms with Gasteiger partial charge in [-0.25, -0.2) is 15.0 Å². The van der Waals surface area contributed by atoms with Crippen molar-refractivity contribution < 1.29 is 0 Å². The summed E-state index contributed by atoms with van der Waals surface area (Å²) >= 11 is 0. The summed E-state index contributed by atoms with van der Waals surface area (Å²) in [5, 5.41) is 9.54. The lowest BCUT2D eigenvalue weighted by Crippen LogP contribution is -2.42. The number of rotatable bonds is 5. The van der Waals surface area contributed by atoms with Gasteiger partial charge >= 0.3 is 0 Å². The lowest BCUT2D eigenvalue weighted by Gasteiger charge is -2.50. The van der Waals surface area contributed by atoms with Crippen molar-refractivity contribution in [3.8, 4) is 51.4 Å². The Kier molecular flexibility index (Phi) is 7.11. The standard InChI is InChI=1S/C39H36N4/c1-26-18-29-19-27(2)23-39(22-26,24-29)35-16-14-31(15-17-35)36-41-37(33-12-6-8-28(20-33)25-40)43-38(42-36)34-13-7-11-32(21-34)30-9-4-3-5-10-30/h3-17,20-21,26-27,29H,18-19,22-24H2,1-2H3/t26-,27+,29?,39?. The van der Waals surface area contributed by atoms with Gasteiger partial charge in [0, 0.05) is 16.7 Å². The molecular formula is C39H36N4. The second kappa shape index (κ2) is 11.2. The molecule has 0 aliphatic heterocycles. The maximum atomic E-state index is 9.54. The average Bonchev–Trinajstić information content (AvgIpc) is 3.04. The number of nitrogens with zero attached hydrogens (tertiary/aromatic N) is 4. The number of hydrogen-bond acceptors (Lipinski definition) is 4. The molecular weight excluding hydrogens is 524 g/mol. The molecule has 2 aliphatic carbocycles.